The molecule has 2 N–H and O–H groups in total. The minimum atomic E-state index is -4.63. The standard InChI is InChI=1S/C14H12F3N3O3/c1-8(13(22)23)20-11(6-7-18-20)12(21)19-10-5-3-2-4-9(10)14(15,16)17/h2-8H,1H3,(H,19,21)(H,22,23). The van der Waals surface area contributed by atoms with Crippen molar-refractivity contribution in [3.05, 3.63) is 47.8 Å². The van der Waals surface area contributed by atoms with Crippen LogP contribution in [0.15, 0.2) is 36.5 Å². The summed E-state index contributed by atoms with van der Waals surface area (Å²) in [6.45, 7) is 1.30. The largest absolute Gasteiger partial charge is 0.480 e. The summed E-state index contributed by atoms with van der Waals surface area (Å²) in [5.74, 6) is -2.11. The van der Waals surface area contributed by atoms with E-state index in [1.807, 2.05) is 0 Å². The van der Waals surface area contributed by atoms with Crippen LogP contribution < -0.4 is 5.32 Å². The van der Waals surface area contributed by atoms with Crippen LogP contribution in [0.25, 0.3) is 0 Å². The fraction of sp³-hybridized carbons (Fsp3) is 0.214. The van der Waals surface area contributed by atoms with Crippen LogP contribution in [0.3, 0.4) is 0 Å². The lowest BCUT2D eigenvalue weighted by atomic mass is 10.1. The number of carbonyl (C=O) groups excluding carboxylic acids is 1. The van der Waals surface area contributed by atoms with Gasteiger partial charge in [0.1, 0.15) is 11.7 Å². The van der Waals surface area contributed by atoms with Gasteiger partial charge in [-0.2, -0.15) is 18.3 Å². The molecule has 0 radical (unpaired) electrons. The zero-order chi connectivity index (χ0) is 17.2. The molecule has 2 rings (SSSR count). The highest BCUT2D eigenvalue weighted by molar-refractivity contribution is 6.03. The first kappa shape index (κ1) is 16.5. The van der Waals surface area contributed by atoms with Crippen molar-refractivity contribution in [3.8, 4) is 0 Å². The Balaban J connectivity index is 2.32. The molecule has 1 aromatic heterocycles. The number of anilines is 1. The van der Waals surface area contributed by atoms with E-state index in [0.717, 1.165) is 16.8 Å². The number of hydrogen-bond donors (Lipinski definition) is 2. The van der Waals surface area contributed by atoms with Crippen molar-refractivity contribution in [2.45, 2.75) is 19.1 Å². The summed E-state index contributed by atoms with van der Waals surface area (Å²) in [6, 6.07) is 4.60. The van der Waals surface area contributed by atoms with Crippen LogP contribution in [0.4, 0.5) is 18.9 Å². The van der Waals surface area contributed by atoms with Gasteiger partial charge in [-0.25, -0.2) is 9.48 Å². The first-order valence-electron chi connectivity index (χ1n) is 6.45. The van der Waals surface area contributed by atoms with Crippen molar-refractivity contribution < 1.29 is 27.9 Å². The van der Waals surface area contributed by atoms with Crippen molar-refractivity contribution in [1.82, 2.24) is 9.78 Å². The number of hydrogen-bond acceptors (Lipinski definition) is 3. The molecule has 0 saturated carbocycles. The molecule has 23 heavy (non-hydrogen) atoms. The second-order valence-corrected chi connectivity index (χ2v) is 4.67. The lowest BCUT2D eigenvalue weighted by molar-refractivity contribution is -0.140. The van der Waals surface area contributed by atoms with E-state index in [0.29, 0.717) is 0 Å². The van der Waals surface area contributed by atoms with Gasteiger partial charge in [0, 0.05) is 6.20 Å². The Morgan fingerprint density at radius 2 is 1.91 bits per heavy atom. The van der Waals surface area contributed by atoms with E-state index in [4.69, 9.17) is 5.11 Å². The van der Waals surface area contributed by atoms with Gasteiger partial charge < -0.3 is 10.4 Å². The van der Waals surface area contributed by atoms with E-state index < -0.39 is 35.3 Å². The predicted molar refractivity (Wildman–Crippen MR) is 74.0 cm³/mol. The lowest BCUT2D eigenvalue weighted by Gasteiger charge is -2.15. The zero-order valence-corrected chi connectivity index (χ0v) is 11.8. The summed E-state index contributed by atoms with van der Waals surface area (Å²) in [7, 11) is 0. The van der Waals surface area contributed by atoms with Gasteiger partial charge in [-0.3, -0.25) is 4.79 Å². The molecule has 1 atom stereocenters. The van der Waals surface area contributed by atoms with Crippen LogP contribution in [0.1, 0.15) is 29.0 Å². The van der Waals surface area contributed by atoms with Gasteiger partial charge in [0.15, 0.2) is 0 Å². The topological polar surface area (TPSA) is 84.2 Å². The molecule has 6 nitrogen and oxygen atoms in total. The van der Waals surface area contributed by atoms with Crippen LogP contribution in [0.2, 0.25) is 0 Å². The van der Waals surface area contributed by atoms with Crippen molar-refractivity contribution in [2.75, 3.05) is 5.32 Å². The number of nitrogens with one attached hydrogen (secondary N) is 1. The summed E-state index contributed by atoms with van der Waals surface area (Å²) in [5.41, 5.74) is -1.57. The average Bonchev–Trinajstić information content (AvgIpc) is 2.95. The maximum Gasteiger partial charge on any atom is 0.418 e. The number of halogens is 3. The van der Waals surface area contributed by atoms with Crippen molar-refractivity contribution >= 4 is 17.6 Å². The molecule has 9 heteroatoms. The van der Waals surface area contributed by atoms with E-state index in [1.54, 1.807) is 0 Å². The highest BCUT2D eigenvalue weighted by Crippen LogP contribution is 2.34. The smallest absolute Gasteiger partial charge is 0.418 e. The molecule has 2 aromatic rings. The highest BCUT2D eigenvalue weighted by Gasteiger charge is 2.34. The molecule has 122 valence electrons. The lowest BCUT2D eigenvalue weighted by Crippen LogP contribution is -2.24. The SMILES string of the molecule is CC(C(=O)O)n1nccc1C(=O)Nc1ccccc1C(F)(F)F. The number of alkyl halides is 3. The molecule has 0 fully saturated rings. The number of aliphatic carboxylic acids is 1. The number of carboxylic acid groups (broad SMARTS) is 1. The number of nitrogens with zero attached hydrogens (tertiary/aromatic N) is 2. The fourth-order valence-corrected chi connectivity index (χ4v) is 1.93. The Morgan fingerprint density at radius 3 is 2.52 bits per heavy atom. The average molecular weight is 327 g/mol. The maximum atomic E-state index is 12.9. The molecular weight excluding hydrogens is 315 g/mol. The molecule has 1 heterocycles. The van der Waals surface area contributed by atoms with E-state index in [2.05, 4.69) is 10.4 Å². The third kappa shape index (κ3) is 3.50. The zero-order valence-electron chi connectivity index (χ0n) is 11.8. The Hall–Kier alpha value is -2.84. The van der Waals surface area contributed by atoms with Crippen LogP contribution in [-0.4, -0.2) is 26.8 Å². The molecule has 1 unspecified atom stereocenters. The van der Waals surface area contributed by atoms with Gasteiger partial charge in [-0.1, -0.05) is 12.1 Å². The normalized spacial score (nSPS) is 12.7. The molecule has 1 aromatic carbocycles. The van der Waals surface area contributed by atoms with Gasteiger partial charge in [-0.05, 0) is 25.1 Å². The number of rotatable bonds is 4. The van der Waals surface area contributed by atoms with Gasteiger partial charge in [0.05, 0.1) is 11.3 Å². The Morgan fingerprint density at radius 1 is 1.26 bits per heavy atom. The third-order valence-corrected chi connectivity index (χ3v) is 3.11. The number of carboxylic acids is 1. The number of amides is 1. The van der Waals surface area contributed by atoms with E-state index in [-0.39, 0.29) is 5.69 Å². The quantitative estimate of drug-likeness (QED) is 0.904. The molecule has 0 bridgehead atoms. The van der Waals surface area contributed by atoms with Crippen molar-refractivity contribution in [3.63, 3.8) is 0 Å². The number of benzene rings is 1. The number of para-hydroxylation sites is 1. The Labute approximate surface area is 128 Å². The monoisotopic (exact) mass is 327 g/mol. The van der Waals surface area contributed by atoms with E-state index in [1.165, 1.54) is 31.3 Å². The molecule has 0 saturated heterocycles. The highest BCUT2D eigenvalue weighted by atomic mass is 19.4. The summed E-state index contributed by atoms with van der Waals surface area (Å²) in [5, 5.41) is 14.8. The number of aromatic nitrogens is 2. The van der Waals surface area contributed by atoms with Gasteiger partial charge in [0.2, 0.25) is 0 Å². The molecule has 0 aliphatic rings. The summed E-state index contributed by atoms with van der Waals surface area (Å²) >= 11 is 0. The Bertz CT molecular complexity index is 740. The first-order valence-corrected chi connectivity index (χ1v) is 6.45. The van der Waals surface area contributed by atoms with Gasteiger partial charge in [-0.15, -0.1) is 0 Å². The molecule has 0 aliphatic heterocycles. The second kappa shape index (κ2) is 6.11. The van der Waals surface area contributed by atoms with Crippen LogP contribution in [0.5, 0.6) is 0 Å². The summed E-state index contributed by atoms with van der Waals surface area (Å²) in [6.07, 6.45) is -3.43. The molecule has 0 aliphatic carbocycles. The second-order valence-electron chi connectivity index (χ2n) is 4.67. The first-order chi connectivity index (χ1) is 10.7. The van der Waals surface area contributed by atoms with Crippen molar-refractivity contribution in [2.24, 2.45) is 0 Å². The predicted octanol–water partition coefficient (Wildman–Crippen LogP) is 2.80. The number of carbonyl (C=O) groups is 2. The van der Waals surface area contributed by atoms with Gasteiger partial charge >= 0.3 is 12.1 Å². The van der Waals surface area contributed by atoms with Crippen LogP contribution in [-0.2, 0) is 11.0 Å². The van der Waals surface area contributed by atoms with Crippen molar-refractivity contribution in [1.29, 1.82) is 0 Å². The van der Waals surface area contributed by atoms with E-state index >= 15 is 0 Å². The van der Waals surface area contributed by atoms with Gasteiger partial charge in [0.25, 0.3) is 5.91 Å². The third-order valence-electron chi connectivity index (χ3n) is 3.11. The molecular formula is C14H12F3N3O3. The Kier molecular flexibility index (Phi) is 4.39. The summed E-state index contributed by atoms with van der Waals surface area (Å²) < 4.78 is 39.6. The fourth-order valence-electron chi connectivity index (χ4n) is 1.93. The minimum absolute atomic E-state index is 0.156. The summed E-state index contributed by atoms with van der Waals surface area (Å²) in [4.78, 5) is 23.1. The molecule has 0 spiro atoms. The van der Waals surface area contributed by atoms with Crippen LogP contribution in [0, 0.1) is 0 Å². The molecule has 1 amide bonds. The minimum Gasteiger partial charge on any atom is -0.480 e. The maximum absolute atomic E-state index is 12.9. The van der Waals surface area contributed by atoms with Crippen LogP contribution >= 0.6 is 0 Å². The van der Waals surface area contributed by atoms with E-state index in [9.17, 15) is 22.8 Å².